The number of β-lactam (4-membered cyclic amide) rings is 2. The molecule has 85 heavy (non-hydrogen) atoms. The van der Waals surface area contributed by atoms with E-state index in [4.69, 9.17) is 9.47 Å². The largest absolute Gasteiger partial charge is 0.468 e. The number of hydrogen-bond donors (Lipinski definition) is 3. The van der Waals surface area contributed by atoms with Crippen LogP contribution >= 0.6 is 31.9 Å². The van der Waals surface area contributed by atoms with E-state index in [2.05, 4.69) is 76.2 Å². The van der Waals surface area contributed by atoms with Gasteiger partial charge in [-0.3, -0.25) is 58.2 Å². The van der Waals surface area contributed by atoms with Gasteiger partial charge >= 0.3 is 47.8 Å². The fourth-order valence-electron chi connectivity index (χ4n) is 10.2. The van der Waals surface area contributed by atoms with E-state index in [1.807, 2.05) is 49.1 Å². The van der Waals surface area contributed by atoms with Gasteiger partial charge in [0.1, 0.15) is 57.0 Å². The molecule has 6 aliphatic heterocycles. The van der Waals surface area contributed by atoms with E-state index >= 15 is 0 Å². The van der Waals surface area contributed by atoms with Crippen molar-refractivity contribution in [2.24, 2.45) is 11.8 Å². The Labute approximate surface area is 514 Å². The zero-order valence-electron chi connectivity index (χ0n) is 51.1. The third-order valence-electron chi connectivity index (χ3n) is 14.9. The zero-order valence-corrected chi connectivity index (χ0v) is 54.3. The Morgan fingerprint density at radius 1 is 0.506 bits per heavy atom. The number of esters is 8. The highest BCUT2D eigenvalue weighted by Crippen LogP contribution is 2.47. The minimum atomic E-state index is -0.765. The second-order valence-electron chi connectivity index (χ2n) is 20.6. The van der Waals surface area contributed by atoms with Crippen LogP contribution in [0.15, 0.2) is 30.3 Å². The van der Waals surface area contributed by atoms with E-state index in [0.717, 1.165) is 5.56 Å². The van der Waals surface area contributed by atoms with Crippen LogP contribution in [-0.4, -0.2) is 213 Å². The Bertz CT molecular complexity index is 2350. The lowest BCUT2D eigenvalue weighted by Crippen LogP contribution is -2.80. The minimum absolute atomic E-state index is 0.0998. The molecule has 6 heterocycles. The maximum absolute atomic E-state index is 12.4. The van der Waals surface area contributed by atoms with Crippen LogP contribution in [-0.2, 0) is 102 Å². The van der Waals surface area contributed by atoms with Crippen LogP contribution in [0.25, 0.3) is 0 Å². The molecule has 0 aromatic heterocycles. The average molecular weight is 1340 g/mol. The molecule has 1 aromatic carbocycles. The summed E-state index contributed by atoms with van der Waals surface area (Å²) in [6.07, 6.45) is 5.50. The lowest BCUT2D eigenvalue weighted by atomic mass is 9.86. The van der Waals surface area contributed by atoms with Gasteiger partial charge in [0, 0.05) is 18.4 Å². The van der Waals surface area contributed by atoms with Crippen LogP contribution in [0.3, 0.4) is 0 Å². The van der Waals surface area contributed by atoms with E-state index < -0.39 is 35.1 Å². The molecule has 0 saturated carbocycles. The maximum Gasteiger partial charge on any atom is 0.328 e. The monoisotopic (exact) mass is 1330 g/mol. The van der Waals surface area contributed by atoms with Crippen molar-refractivity contribution in [3.63, 3.8) is 0 Å². The Morgan fingerprint density at radius 3 is 1.14 bits per heavy atom. The van der Waals surface area contributed by atoms with Crippen LogP contribution in [0.2, 0.25) is 0 Å². The molecule has 6 fully saturated rings. The molecule has 2 spiro atoms. The summed E-state index contributed by atoms with van der Waals surface area (Å²) in [7, 11) is 10.6. The van der Waals surface area contributed by atoms with Crippen molar-refractivity contribution in [3.8, 4) is 0 Å². The first-order valence-corrected chi connectivity index (χ1v) is 29.8. The van der Waals surface area contributed by atoms with Crippen LogP contribution in [0.1, 0.15) is 111 Å². The molecule has 26 nitrogen and oxygen atoms in total. The van der Waals surface area contributed by atoms with Gasteiger partial charge in [0.05, 0.1) is 70.0 Å². The molecular formula is C57H86Br2N6O20. The van der Waals surface area contributed by atoms with Crippen LogP contribution in [0.5, 0.6) is 0 Å². The second kappa shape index (κ2) is 36.0. The van der Waals surface area contributed by atoms with Crippen LogP contribution in [0, 0.1) is 11.8 Å². The Morgan fingerprint density at radius 2 is 0.847 bits per heavy atom. The summed E-state index contributed by atoms with van der Waals surface area (Å²) in [5.74, 6) is -3.98. The van der Waals surface area contributed by atoms with Crippen molar-refractivity contribution in [1.29, 1.82) is 0 Å². The smallest absolute Gasteiger partial charge is 0.328 e. The number of methoxy groups -OCH3 is 8. The molecule has 0 aliphatic carbocycles. The molecule has 0 radical (unpaired) electrons. The number of hydrogen-bond acceptors (Lipinski definition) is 22. The van der Waals surface area contributed by atoms with Gasteiger partial charge in [-0.1, -0.05) is 104 Å². The molecule has 28 heteroatoms. The van der Waals surface area contributed by atoms with Gasteiger partial charge in [-0.2, -0.15) is 0 Å². The number of amides is 4. The summed E-state index contributed by atoms with van der Waals surface area (Å²) in [4.78, 5) is 143. The first-order valence-electron chi connectivity index (χ1n) is 28.0. The highest BCUT2D eigenvalue weighted by molar-refractivity contribution is 9.10. The predicted molar refractivity (Wildman–Crippen MR) is 312 cm³/mol. The molecule has 478 valence electrons. The van der Waals surface area contributed by atoms with Gasteiger partial charge in [-0.05, 0) is 69.8 Å². The molecule has 10 unspecified atom stereocenters. The molecule has 3 N–H and O–H groups in total. The maximum atomic E-state index is 12.4. The summed E-state index contributed by atoms with van der Waals surface area (Å²) in [6.45, 7) is 12.5. The highest BCUT2D eigenvalue weighted by atomic mass is 79.9. The Balaban J connectivity index is 0.000000363. The third-order valence-corrected chi connectivity index (χ3v) is 16.6. The standard InChI is InChI=1S/C15H19NO4.C12H17N3O3.C12H19NO5.C8H12Br2O4.C8H13NO4.C2H6/c1-19-14(17)12-8-9-13(15(18)20-2)16(12)10-11-6-4-3-5-7-11;1-7(2)8(16)15-11(5-13-9(11)17)3-4-12(15)6-14-10(12)18;1-7(2)10(14)13-8(11(15)17-3)5-6-9(13)12(16)18-4;1-13-7(11)5(9)3-4-6(10)8(12)14-2;1-12-7(10)5-3-4-6(9-5)8(11)13-2;1-2/h3-7,12-13H,8-10H2,1-2H3;7H,3-6H2,1-2H3,(H,13,17)(H,14,18);7-9H,5-6H2,1-4H3;5-6H,3-4H2,1-2H3;5-6,9H,3-4H2,1-2H3;1-2H3. The number of ether oxygens (including phenoxy) is 8. The van der Waals surface area contributed by atoms with Crippen molar-refractivity contribution in [2.75, 3.05) is 70.0 Å². The van der Waals surface area contributed by atoms with E-state index in [1.165, 1.54) is 61.8 Å². The van der Waals surface area contributed by atoms with Crippen LogP contribution in [0.4, 0.5) is 0 Å². The number of carbonyl (C=O) groups excluding carboxylic acids is 12. The first kappa shape index (κ1) is 74.8. The van der Waals surface area contributed by atoms with Gasteiger partial charge in [0.25, 0.3) is 0 Å². The Kier molecular flexibility index (Phi) is 31.7. The first-order chi connectivity index (χ1) is 40.2. The van der Waals surface area contributed by atoms with Gasteiger partial charge in [0.2, 0.25) is 23.6 Å². The van der Waals surface area contributed by atoms with Crippen molar-refractivity contribution < 1.29 is 95.4 Å². The highest BCUT2D eigenvalue weighted by Gasteiger charge is 2.69. The topological polar surface area (TPSA) is 324 Å². The van der Waals surface area contributed by atoms with E-state index in [1.54, 1.807) is 32.6 Å². The quantitative estimate of drug-likeness (QED) is 0.0984. The summed E-state index contributed by atoms with van der Waals surface area (Å²) >= 11 is 6.31. The van der Waals surface area contributed by atoms with Crippen molar-refractivity contribution in [3.05, 3.63) is 35.9 Å². The molecule has 7 rings (SSSR count). The molecule has 1 aromatic rings. The van der Waals surface area contributed by atoms with Crippen LogP contribution < -0.4 is 16.0 Å². The van der Waals surface area contributed by atoms with E-state index in [-0.39, 0.29) is 105 Å². The lowest BCUT2D eigenvalue weighted by molar-refractivity contribution is -0.168. The number of nitrogens with zero attached hydrogens (tertiary/aromatic N) is 3. The molecule has 6 aliphatic rings. The average Bonchev–Trinajstić information content (AvgIpc) is 1.59. The second-order valence-corrected chi connectivity index (χ2v) is 22.8. The molecule has 6 saturated heterocycles. The van der Waals surface area contributed by atoms with Gasteiger partial charge in [0.15, 0.2) is 0 Å². The van der Waals surface area contributed by atoms with Gasteiger partial charge < -0.3 is 58.3 Å². The number of rotatable bonds is 15. The lowest BCUT2D eigenvalue weighted by Gasteiger charge is -2.53. The number of benzene rings is 1. The molecule has 0 bridgehead atoms. The SMILES string of the molecule is CC.CC(C)C(=O)N1C2(CCC13CNC3=O)CNC2=O.COC(=O)C(Br)CCC(Br)C(=O)OC.COC(=O)C1CCC(C(=O)OC)N1.COC(=O)C1CCC(C(=O)OC)N1C(=O)C(C)C.COC(=O)C1CCC(C(=O)OC)N1Cc1ccccc1. The van der Waals surface area contributed by atoms with Crippen molar-refractivity contribution >= 4 is 103 Å². The number of carbonyl (C=O) groups is 12. The molecular weight excluding hydrogens is 1250 g/mol. The van der Waals surface area contributed by atoms with Crippen molar-refractivity contribution in [2.45, 2.75) is 169 Å². The summed E-state index contributed by atoms with van der Waals surface area (Å²) in [6, 6.07) is 6.88. The summed E-state index contributed by atoms with van der Waals surface area (Å²) < 4.78 is 37.1. The summed E-state index contributed by atoms with van der Waals surface area (Å²) in [5, 5.41) is 8.25. The fraction of sp³-hybridized carbons (Fsp3) is 0.684. The number of likely N-dealkylation sites (tertiary alicyclic amines) is 3. The van der Waals surface area contributed by atoms with Crippen molar-refractivity contribution in [1.82, 2.24) is 30.7 Å². The van der Waals surface area contributed by atoms with E-state index in [9.17, 15) is 57.5 Å². The number of halogens is 2. The number of alkyl halides is 2. The normalized spacial score (nSPS) is 24.7. The van der Waals surface area contributed by atoms with Gasteiger partial charge in [-0.15, -0.1) is 0 Å². The van der Waals surface area contributed by atoms with Gasteiger partial charge in [-0.25, -0.2) is 9.59 Å². The minimum Gasteiger partial charge on any atom is -0.468 e. The summed E-state index contributed by atoms with van der Waals surface area (Å²) in [5.41, 5.74) is -0.477. The molecule has 10 atom stereocenters. The Hall–Kier alpha value is -6.26. The zero-order chi connectivity index (χ0) is 64.5. The third kappa shape index (κ3) is 19.1. The predicted octanol–water partition coefficient (Wildman–Crippen LogP) is 2.83. The molecule has 4 amide bonds. The fourth-order valence-corrected chi connectivity index (χ4v) is 11.1. The van der Waals surface area contributed by atoms with E-state index in [0.29, 0.717) is 83.8 Å². The number of nitrogens with one attached hydrogen (secondary N) is 3.